The fraction of sp³-hybridized carbons (Fsp3) is 0.200. The zero-order valence-corrected chi connectivity index (χ0v) is 20.1. The molecule has 1 aromatic heterocycles. The first-order valence-corrected chi connectivity index (χ1v) is 10.6. The fourth-order valence-electron chi connectivity index (χ4n) is 3.25. The number of para-hydroxylation sites is 2. The van der Waals surface area contributed by atoms with E-state index in [2.05, 4.69) is 5.32 Å². The second-order valence-corrected chi connectivity index (χ2v) is 7.67. The molecule has 0 saturated heterocycles. The van der Waals surface area contributed by atoms with Crippen molar-refractivity contribution in [2.75, 3.05) is 45.6 Å². The highest BCUT2D eigenvalue weighted by Gasteiger charge is 2.21. The molecule has 0 unspecified atom stereocenters. The number of hydrogen-bond donors (Lipinski definition) is 1. The SMILES string of the molecule is COc1ccccc1NC(=S)/C(=C(\[O-])c1ccc(OC)c(OC)c1)[n+]1ccc(N(C)C)cc1. The standard InChI is InChI=1S/C25H27N3O4S/c1-27(2)18-12-14-28(15-13-18)23(25(33)26-19-8-6-7-9-20(19)30-3)24(29)17-10-11-21(31-4)22(16-17)32-5/h6-16H,1-5H3,(H-,26,29,33). The Labute approximate surface area is 199 Å². The molecular weight excluding hydrogens is 438 g/mol. The maximum absolute atomic E-state index is 13.7. The second kappa shape index (κ2) is 10.7. The third-order valence-electron chi connectivity index (χ3n) is 5.02. The number of thiocarbonyl (C=S) groups is 1. The van der Waals surface area contributed by atoms with Crippen LogP contribution in [-0.4, -0.2) is 40.4 Å². The van der Waals surface area contributed by atoms with Gasteiger partial charge in [-0.15, -0.1) is 0 Å². The molecule has 0 fully saturated rings. The number of nitrogens with one attached hydrogen (secondary N) is 1. The molecule has 3 aromatic rings. The number of rotatable bonds is 8. The smallest absolute Gasteiger partial charge is 0.238 e. The molecule has 33 heavy (non-hydrogen) atoms. The molecule has 0 atom stereocenters. The van der Waals surface area contributed by atoms with Crippen LogP contribution in [0.15, 0.2) is 67.0 Å². The number of ether oxygens (including phenoxy) is 3. The molecular formula is C25H27N3O4S. The fourth-order valence-corrected chi connectivity index (χ4v) is 3.56. The average molecular weight is 466 g/mol. The number of benzene rings is 2. The quantitative estimate of drug-likeness (QED) is 0.237. The second-order valence-electron chi connectivity index (χ2n) is 7.26. The predicted octanol–water partition coefficient (Wildman–Crippen LogP) is 3.19. The van der Waals surface area contributed by atoms with Gasteiger partial charge in [0.25, 0.3) is 0 Å². The molecule has 8 heteroatoms. The Bertz CT molecular complexity index is 1160. The largest absolute Gasteiger partial charge is 0.867 e. The topological polar surface area (TPSA) is 69.9 Å². The summed E-state index contributed by atoms with van der Waals surface area (Å²) in [7, 11) is 8.56. The van der Waals surface area contributed by atoms with Crippen LogP contribution in [0.2, 0.25) is 0 Å². The van der Waals surface area contributed by atoms with Crippen molar-refractivity contribution in [2.24, 2.45) is 0 Å². The van der Waals surface area contributed by atoms with Crippen LogP contribution in [0.4, 0.5) is 11.4 Å². The van der Waals surface area contributed by atoms with Gasteiger partial charge in [0.2, 0.25) is 5.70 Å². The van der Waals surface area contributed by atoms with E-state index in [1.807, 2.05) is 55.4 Å². The Balaban J connectivity index is 2.13. The maximum Gasteiger partial charge on any atom is 0.238 e. The van der Waals surface area contributed by atoms with E-state index in [0.717, 1.165) is 5.69 Å². The van der Waals surface area contributed by atoms with Crippen molar-refractivity contribution in [3.8, 4) is 17.2 Å². The molecule has 7 nitrogen and oxygen atoms in total. The zero-order valence-electron chi connectivity index (χ0n) is 19.3. The highest BCUT2D eigenvalue weighted by molar-refractivity contribution is 7.81. The maximum atomic E-state index is 13.7. The van der Waals surface area contributed by atoms with Crippen LogP contribution in [-0.2, 0) is 0 Å². The van der Waals surface area contributed by atoms with Crippen molar-refractivity contribution in [2.45, 2.75) is 0 Å². The molecule has 0 aliphatic carbocycles. The molecule has 0 radical (unpaired) electrons. The Kier molecular flexibility index (Phi) is 7.74. The van der Waals surface area contributed by atoms with Crippen LogP contribution >= 0.6 is 12.2 Å². The van der Waals surface area contributed by atoms with Gasteiger partial charge in [-0.05, 0) is 35.6 Å². The van der Waals surface area contributed by atoms with E-state index >= 15 is 0 Å². The Hall–Kier alpha value is -3.78. The summed E-state index contributed by atoms with van der Waals surface area (Å²) in [5, 5.41) is 16.9. The van der Waals surface area contributed by atoms with Crippen LogP contribution in [0.5, 0.6) is 17.2 Å². The van der Waals surface area contributed by atoms with Gasteiger partial charge >= 0.3 is 0 Å². The van der Waals surface area contributed by atoms with E-state index < -0.39 is 0 Å². The molecule has 1 heterocycles. The van der Waals surface area contributed by atoms with Crippen molar-refractivity contribution in [3.05, 3.63) is 72.6 Å². The highest BCUT2D eigenvalue weighted by Crippen LogP contribution is 2.31. The van der Waals surface area contributed by atoms with Gasteiger partial charge in [-0.1, -0.05) is 30.4 Å². The van der Waals surface area contributed by atoms with Crippen LogP contribution in [0.3, 0.4) is 0 Å². The minimum atomic E-state index is -0.272. The first-order valence-electron chi connectivity index (χ1n) is 10.2. The Morgan fingerprint density at radius 2 is 1.52 bits per heavy atom. The summed E-state index contributed by atoms with van der Waals surface area (Å²) in [5.74, 6) is 1.34. The van der Waals surface area contributed by atoms with E-state index in [1.165, 1.54) is 7.11 Å². The van der Waals surface area contributed by atoms with Gasteiger partial charge in [-0.3, -0.25) is 0 Å². The van der Waals surface area contributed by atoms with Gasteiger partial charge in [-0.2, -0.15) is 4.57 Å². The number of anilines is 2. The van der Waals surface area contributed by atoms with E-state index in [1.54, 1.807) is 49.4 Å². The summed E-state index contributed by atoms with van der Waals surface area (Å²) >= 11 is 5.71. The molecule has 0 amide bonds. The van der Waals surface area contributed by atoms with Gasteiger partial charge < -0.3 is 29.5 Å². The first kappa shape index (κ1) is 23.9. The van der Waals surface area contributed by atoms with Crippen molar-refractivity contribution >= 4 is 40.0 Å². The molecule has 0 aliphatic heterocycles. The van der Waals surface area contributed by atoms with Crippen LogP contribution in [0.25, 0.3) is 11.5 Å². The lowest BCUT2D eigenvalue weighted by Crippen LogP contribution is -2.40. The molecule has 2 aromatic carbocycles. The molecule has 0 bridgehead atoms. The summed E-state index contributed by atoms with van der Waals surface area (Å²) in [6.07, 6.45) is 3.61. The summed E-state index contributed by atoms with van der Waals surface area (Å²) in [6.45, 7) is 0. The Morgan fingerprint density at radius 3 is 2.12 bits per heavy atom. The third-order valence-corrected chi connectivity index (χ3v) is 5.31. The third kappa shape index (κ3) is 5.35. The molecule has 3 rings (SSSR count). The lowest BCUT2D eigenvalue weighted by Gasteiger charge is -2.19. The molecule has 0 aliphatic rings. The minimum Gasteiger partial charge on any atom is -0.867 e. The van der Waals surface area contributed by atoms with Crippen LogP contribution in [0, 0.1) is 0 Å². The number of aromatic nitrogens is 1. The first-order chi connectivity index (χ1) is 15.9. The highest BCUT2D eigenvalue weighted by atomic mass is 32.1. The lowest BCUT2D eigenvalue weighted by atomic mass is 10.1. The van der Waals surface area contributed by atoms with Gasteiger partial charge in [-0.25, -0.2) is 0 Å². The molecule has 0 spiro atoms. The van der Waals surface area contributed by atoms with Gasteiger partial charge in [0, 0.05) is 31.9 Å². The number of pyridine rings is 1. The lowest BCUT2D eigenvalue weighted by molar-refractivity contribution is -0.577. The number of hydrogen-bond acceptors (Lipinski definition) is 6. The van der Waals surface area contributed by atoms with E-state index in [-0.39, 0.29) is 16.4 Å². The zero-order chi connectivity index (χ0) is 24.0. The van der Waals surface area contributed by atoms with E-state index in [9.17, 15) is 5.11 Å². The number of methoxy groups -OCH3 is 3. The van der Waals surface area contributed by atoms with Crippen molar-refractivity contribution < 1.29 is 23.9 Å². The number of nitrogens with zero attached hydrogens (tertiary/aromatic N) is 2. The van der Waals surface area contributed by atoms with E-state index in [0.29, 0.717) is 28.5 Å². The van der Waals surface area contributed by atoms with Gasteiger partial charge in [0.05, 0.1) is 27.0 Å². The molecule has 172 valence electrons. The summed E-state index contributed by atoms with van der Waals surface area (Å²) in [6, 6.07) is 16.2. The van der Waals surface area contributed by atoms with Crippen molar-refractivity contribution in [1.82, 2.24) is 0 Å². The summed E-state index contributed by atoms with van der Waals surface area (Å²) in [5.41, 5.74) is 2.35. The van der Waals surface area contributed by atoms with Crippen molar-refractivity contribution in [1.29, 1.82) is 0 Å². The predicted molar refractivity (Wildman–Crippen MR) is 133 cm³/mol. The molecule has 0 saturated carbocycles. The van der Waals surface area contributed by atoms with Gasteiger partial charge in [0.1, 0.15) is 5.75 Å². The van der Waals surface area contributed by atoms with E-state index in [4.69, 9.17) is 26.4 Å². The minimum absolute atomic E-state index is 0.252. The normalized spacial score (nSPS) is 11.3. The van der Waals surface area contributed by atoms with Crippen molar-refractivity contribution in [3.63, 3.8) is 0 Å². The van der Waals surface area contributed by atoms with Crippen LogP contribution < -0.4 is 34.1 Å². The Morgan fingerprint density at radius 1 is 0.879 bits per heavy atom. The monoisotopic (exact) mass is 465 g/mol. The average Bonchev–Trinajstić information content (AvgIpc) is 2.84. The summed E-state index contributed by atoms with van der Waals surface area (Å²) in [4.78, 5) is 2.23. The molecule has 1 N–H and O–H groups in total. The van der Waals surface area contributed by atoms with Crippen LogP contribution in [0.1, 0.15) is 5.56 Å². The summed E-state index contributed by atoms with van der Waals surface area (Å²) < 4.78 is 17.8. The van der Waals surface area contributed by atoms with Gasteiger partial charge in [0.15, 0.2) is 28.9 Å².